The third-order valence-electron chi connectivity index (χ3n) is 1.13. The Balaban J connectivity index is 0.000000180. The monoisotopic (exact) mass is 237 g/mol. The molecule has 0 aromatic rings. The first-order valence-electron chi connectivity index (χ1n) is 3.20. The Bertz CT molecular complexity index is 53.6. The fourth-order valence-corrected chi connectivity index (χ4v) is 0.736. The van der Waals surface area contributed by atoms with E-state index < -0.39 is 14.7 Å². The number of piperidine rings is 1. The molecule has 1 nitrogen and oxygen atoms in total. The van der Waals surface area contributed by atoms with Gasteiger partial charge in [-0.2, -0.15) is 0 Å². The molecule has 1 rings (SSSR count). The second kappa shape index (κ2) is 8.64. The molecular formula is C5H10Cl3NTi. The molecule has 0 spiro atoms. The summed E-state index contributed by atoms with van der Waals surface area (Å²) in [5.74, 6) is 0. The second-order valence-electron chi connectivity index (χ2n) is 1.95. The first kappa shape index (κ1) is 11.5. The molecule has 0 unspecified atom stereocenters. The summed E-state index contributed by atoms with van der Waals surface area (Å²) in [7, 11) is 14.9. The molecule has 0 radical (unpaired) electrons. The standard InChI is InChI=1S/C5H10N.3ClH.Ti/c1-2-4-6-5-3-1;;;;/h1-5H2;3*1H;/q-1;;;;+4/p-3. The molecule has 0 aromatic carbocycles. The zero-order valence-electron chi connectivity index (χ0n) is 5.62. The van der Waals surface area contributed by atoms with Gasteiger partial charge in [0.15, 0.2) is 0 Å². The van der Waals surface area contributed by atoms with E-state index in [4.69, 9.17) is 27.9 Å². The molecule has 1 aliphatic rings. The van der Waals surface area contributed by atoms with Gasteiger partial charge in [-0.05, 0) is 0 Å². The molecule has 0 N–H and O–H groups in total. The van der Waals surface area contributed by atoms with E-state index in [1.807, 2.05) is 0 Å². The van der Waals surface area contributed by atoms with E-state index in [0.29, 0.717) is 0 Å². The Morgan fingerprint density at radius 1 is 0.900 bits per heavy atom. The second-order valence-corrected chi connectivity index (χ2v) is 9.68. The zero-order valence-corrected chi connectivity index (χ0v) is 9.45. The van der Waals surface area contributed by atoms with E-state index in [2.05, 4.69) is 5.32 Å². The summed E-state index contributed by atoms with van der Waals surface area (Å²) in [6, 6.07) is 0. The summed E-state index contributed by atoms with van der Waals surface area (Å²) in [6.07, 6.45) is 4.07. The molecule has 5 heteroatoms. The first-order valence-corrected chi connectivity index (χ1v) is 9.65. The van der Waals surface area contributed by atoms with Crippen LogP contribution < -0.4 is 0 Å². The predicted molar refractivity (Wildman–Crippen MR) is 44.5 cm³/mol. The SMILES string of the molecule is C1CC[N-]CC1.[Cl][Ti+]([Cl])[Cl]. The van der Waals surface area contributed by atoms with Gasteiger partial charge in [0, 0.05) is 0 Å². The van der Waals surface area contributed by atoms with E-state index in [0.717, 1.165) is 13.1 Å². The Morgan fingerprint density at radius 2 is 1.30 bits per heavy atom. The van der Waals surface area contributed by atoms with E-state index >= 15 is 0 Å². The summed E-state index contributed by atoms with van der Waals surface area (Å²) in [5.41, 5.74) is 0. The average molecular weight is 238 g/mol. The van der Waals surface area contributed by atoms with Gasteiger partial charge >= 0.3 is 42.6 Å². The number of rotatable bonds is 0. The molecule has 0 amide bonds. The quantitative estimate of drug-likeness (QED) is 0.572. The van der Waals surface area contributed by atoms with Crippen LogP contribution in [0, 0.1) is 0 Å². The molecule has 0 saturated carbocycles. The van der Waals surface area contributed by atoms with Gasteiger partial charge in [0.05, 0.1) is 0 Å². The molecule has 0 bridgehead atoms. The van der Waals surface area contributed by atoms with Crippen LogP contribution in [0.1, 0.15) is 19.3 Å². The van der Waals surface area contributed by atoms with Crippen molar-refractivity contribution in [2.24, 2.45) is 0 Å². The van der Waals surface area contributed by atoms with Gasteiger partial charge in [-0.3, -0.25) is 0 Å². The van der Waals surface area contributed by atoms with E-state index in [-0.39, 0.29) is 0 Å². The van der Waals surface area contributed by atoms with Crippen molar-refractivity contribution < 1.29 is 14.7 Å². The molecule has 60 valence electrons. The molecule has 10 heavy (non-hydrogen) atoms. The van der Waals surface area contributed by atoms with Crippen molar-refractivity contribution in [3.63, 3.8) is 0 Å². The fourth-order valence-electron chi connectivity index (χ4n) is 0.736. The third-order valence-corrected chi connectivity index (χ3v) is 1.13. The minimum atomic E-state index is -1.92. The van der Waals surface area contributed by atoms with Crippen molar-refractivity contribution in [1.82, 2.24) is 0 Å². The van der Waals surface area contributed by atoms with Gasteiger partial charge in [-0.1, -0.05) is 19.3 Å². The van der Waals surface area contributed by atoms with Gasteiger partial charge in [-0.25, -0.2) is 0 Å². The van der Waals surface area contributed by atoms with E-state index in [9.17, 15) is 0 Å². The van der Waals surface area contributed by atoms with Crippen molar-refractivity contribution in [2.75, 3.05) is 13.1 Å². The van der Waals surface area contributed by atoms with Crippen LogP contribution in [-0.2, 0) is 14.7 Å². The third kappa shape index (κ3) is 12.2. The Morgan fingerprint density at radius 3 is 1.40 bits per heavy atom. The van der Waals surface area contributed by atoms with Crippen molar-refractivity contribution in [3.05, 3.63) is 5.32 Å². The summed E-state index contributed by atoms with van der Waals surface area (Å²) in [5, 5.41) is 4.18. The maximum atomic E-state index is 4.97. The Hall–Kier alpha value is 1.54. The van der Waals surface area contributed by atoms with Gasteiger partial charge in [0.25, 0.3) is 0 Å². The van der Waals surface area contributed by atoms with Gasteiger partial charge < -0.3 is 5.32 Å². The number of hydrogen-bond donors (Lipinski definition) is 0. The molecule has 0 atom stereocenters. The first-order chi connectivity index (χ1) is 4.73. The summed E-state index contributed by atoms with van der Waals surface area (Å²) < 4.78 is 0. The average Bonchev–Trinajstić information content (AvgIpc) is 1.90. The van der Waals surface area contributed by atoms with Crippen molar-refractivity contribution in [3.8, 4) is 0 Å². The zero-order chi connectivity index (χ0) is 7.82. The Kier molecular flexibility index (Phi) is 9.97. The van der Waals surface area contributed by atoms with Crippen molar-refractivity contribution >= 4 is 27.9 Å². The van der Waals surface area contributed by atoms with Gasteiger partial charge in [0.2, 0.25) is 0 Å². The minimum absolute atomic E-state index is 1.12. The fraction of sp³-hybridized carbons (Fsp3) is 1.00. The van der Waals surface area contributed by atoms with Crippen LogP contribution in [0.3, 0.4) is 0 Å². The van der Waals surface area contributed by atoms with Crippen LogP contribution in [0.25, 0.3) is 5.32 Å². The summed E-state index contributed by atoms with van der Waals surface area (Å²) >= 11 is -1.92. The molecule has 1 heterocycles. The number of halogens is 3. The van der Waals surface area contributed by atoms with E-state index in [1.165, 1.54) is 19.3 Å². The van der Waals surface area contributed by atoms with Crippen LogP contribution in [0.2, 0.25) is 0 Å². The van der Waals surface area contributed by atoms with Gasteiger partial charge in [0.1, 0.15) is 0 Å². The normalized spacial score (nSPS) is 17.1. The maximum absolute atomic E-state index is 4.97. The summed E-state index contributed by atoms with van der Waals surface area (Å²) in [4.78, 5) is 0. The van der Waals surface area contributed by atoms with Crippen molar-refractivity contribution in [2.45, 2.75) is 19.3 Å². The molecule has 1 saturated heterocycles. The van der Waals surface area contributed by atoms with Crippen LogP contribution in [0.15, 0.2) is 0 Å². The van der Waals surface area contributed by atoms with Crippen LogP contribution in [0.5, 0.6) is 0 Å². The molecule has 1 fully saturated rings. The molecule has 0 aromatic heterocycles. The van der Waals surface area contributed by atoms with Crippen molar-refractivity contribution in [1.29, 1.82) is 0 Å². The summed E-state index contributed by atoms with van der Waals surface area (Å²) in [6.45, 7) is 2.25. The topological polar surface area (TPSA) is 14.1 Å². The molecule has 0 aliphatic carbocycles. The molecular weight excluding hydrogens is 228 g/mol. The van der Waals surface area contributed by atoms with Crippen LogP contribution >= 0.6 is 27.9 Å². The van der Waals surface area contributed by atoms with Gasteiger partial charge in [-0.15, -0.1) is 13.1 Å². The number of hydrogen-bond acceptors (Lipinski definition) is 0. The van der Waals surface area contributed by atoms with Crippen LogP contribution in [-0.4, -0.2) is 13.1 Å². The molecule has 1 aliphatic heterocycles. The Labute approximate surface area is 79.9 Å². The van der Waals surface area contributed by atoms with Crippen LogP contribution in [0.4, 0.5) is 0 Å². The number of nitrogens with zero attached hydrogens (tertiary/aromatic N) is 1. The van der Waals surface area contributed by atoms with E-state index in [1.54, 1.807) is 0 Å². The predicted octanol–water partition coefficient (Wildman–Crippen LogP) is 3.61.